The van der Waals surface area contributed by atoms with Crippen LogP contribution in [0, 0.1) is 12.8 Å². The lowest BCUT2D eigenvalue weighted by molar-refractivity contribution is -0.118. The zero-order chi connectivity index (χ0) is 28.0. The molecule has 3 heterocycles. The Morgan fingerprint density at radius 1 is 1.07 bits per heavy atom. The molecule has 9 nitrogen and oxygen atoms in total. The van der Waals surface area contributed by atoms with E-state index in [4.69, 9.17) is 5.11 Å². The van der Waals surface area contributed by atoms with Crippen LogP contribution in [0.1, 0.15) is 80.2 Å². The molecule has 3 amide bonds. The number of carbonyl (C=O) groups excluding carboxylic acids is 3. The Morgan fingerprint density at radius 2 is 1.77 bits per heavy atom. The van der Waals surface area contributed by atoms with Crippen LogP contribution in [0.15, 0.2) is 60.9 Å². The fourth-order valence-electron chi connectivity index (χ4n) is 5.99. The molecule has 1 unspecified atom stereocenters. The number of hydrogen-bond donors (Lipinski definition) is 3. The third kappa shape index (κ3) is 4.43. The number of nitrogens with zero attached hydrogens (tertiary/aromatic N) is 2. The van der Waals surface area contributed by atoms with Gasteiger partial charge in [0.05, 0.1) is 28.3 Å². The summed E-state index contributed by atoms with van der Waals surface area (Å²) in [6.45, 7) is 1.86. The van der Waals surface area contributed by atoms with E-state index in [1.165, 1.54) is 23.2 Å². The molecule has 1 saturated carbocycles. The van der Waals surface area contributed by atoms with Crippen molar-refractivity contribution in [3.63, 3.8) is 0 Å². The molecule has 0 saturated heterocycles. The minimum Gasteiger partial charge on any atom is -0.478 e. The number of amides is 3. The lowest BCUT2D eigenvalue weighted by atomic mass is 9.86. The molecule has 2 aromatic carbocycles. The quantitative estimate of drug-likeness (QED) is 0.261. The fraction of sp³-hybridized carbons (Fsp3) is 0.258. The van der Waals surface area contributed by atoms with Crippen LogP contribution in [0.3, 0.4) is 0 Å². The minimum atomic E-state index is -1.08. The molecule has 40 heavy (non-hydrogen) atoms. The Balaban J connectivity index is 1.34. The number of pyridine rings is 1. The van der Waals surface area contributed by atoms with Gasteiger partial charge in [0.1, 0.15) is 5.82 Å². The third-order valence-electron chi connectivity index (χ3n) is 8.06. The van der Waals surface area contributed by atoms with Crippen molar-refractivity contribution in [2.24, 2.45) is 5.92 Å². The molecule has 6 rings (SSSR count). The molecule has 2 aromatic heterocycles. The molecule has 9 heteroatoms. The predicted molar refractivity (Wildman–Crippen MR) is 150 cm³/mol. The molecule has 2 aliphatic rings. The van der Waals surface area contributed by atoms with Gasteiger partial charge in [-0.25, -0.2) is 14.7 Å². The zero-order valence-electron chi connectivity index (χ0n) is 21.9. The zero-order valence-corrected chi connectivity index (χ0v) is 21.9. The number of rotatable bonds is 7. The van der Waals surface area contributed by atoms with E-state index in [-0.39, 0.29) is 29.1 Å². The van der Waals surface area contributed by atoms with Crippen molar-refractivity contribution in [1.29, 1.82) is 0 Å². The van der Waals surface area contributed by atoms with Gasteiger partial charge in [-0.15, -0.1) is 0 Å². The van der Waals surface area contributed by atoms with E-state index in [1.54, 1.807) is 30.3 Å². The third-order valence-corrected chi connectivity index (χ3v) is 8.06. The Labute approximate surface area is 230 Å². The van der Waals surface area contributed by atoms with Gasteiger partial charge in [0.15, 0.2) is 0 Å². The van der Waals surface area contributed by atoms with Crippen LogP contribution >= 0.6 is 0 Å². The van der Waals surface area contributed by atoms with Crippen molar-refractivity contribution in [2.75, 3.05) is 10.2 Å². The number of imide groups is 1. The average Bonchev–Trinajstić information content (AvgIpc) is 3.67. The maximum atomic E-state index is 13.7. The van der Waals surface area contributed by atoms with Crippen LogP contribution in [0.4, 0.5) is 11.5 Å². The van der Waals surface area contributed by atoms with E-state index in [1.807, 2.05) is 19.2 Å². The highest BCUT2D eigenvalue weighted by atomic mass is 16.4. The van der Waals surface area contributed by atoms with Gasteiger partial charge in [-0.1, -0.05) is 37.8 Å². The van der Waals surface area contributed by atoms with Gasteiger partial charge in [-0.05, 0) is 66.8 Å². The highest BCUT2D eigenvalue weighted by Crippen LogP contribution is 2.39. The van der Waals surface area contributed by atoms with Gasteiger partial charge in [0, 0.05) is 23.3 Å². The lowest BCUT2D eigenvalue weighted by Gasteiger charge is -2.21. The molecular weight excluding hydrogens is 508 g/mol. The van der Waals surface area contributed by atoms with Crippen molar-refractivity contribution in [3.8, 4) is 0 Å². The number of aromatic amines is 1. The van der Waals surface area contributed by atoms with Crippen molar-refractivity contribution in [1.82, 2.24) is 9.97 Å². The number of aryl methyl sites for hydroxylation is 1. The number of aromatic nitrogens is 2. The van der Waals surface area contributed by atoms with Crippen molar-refractivity contribution in [3.05, 3.63) is 88.7 Å². The first-order valence-corrected chi connectivity index (χ1v) is 13.4. The molecule has 1 atom stereocenters. The summed E-state index contributed by atoms with van der Waals surface area (Å²) in [5.41, 5.74) is 3.62. The van der Waals surface area contributed by atoms with Crippen LogP contribution in [-0.2, 0) is 4.79 Å². The van der Waals surface area contributed by atoms with Crippen LogP contribution in [0.25, 0.3) is 10.9 Å². The summed E-state index contributed by atoms with van der Waals surface area (Å²) in [4.78, 5) is 59.7. The van der Waals surface area contributed by atoms with Crippen LogP contribution in [0.5, 0.6) is 0 Å². The lowest BCUT2D eigenvalue weighted by Crippen LogP contribution is -2.30. The molecule has 1 fully saturated rings. The number of carbonyl (C=O) groups is 4. The second-order valence-electron chi connectivity index (χ2n) is 10.6. The Hall–Kier alpha value is -4.79. The molecule has 4 aromatic rings. The second-order valence-corrected chi connectivity index (χ2v) is 10.6. The number of anilines is 2. The number of nitrogens with one attached hydrogen (secondary N) is 2. The molecule has 0 spiro atoms. The summed E-state index contributed by atoms with van der Waals surface area (Å²) in [5, 5.41) is 12.9. The van der Waals surface area contributed by atoms with Crippen LogP contribution < -0.4 is 10.2 Å². The molecule has 0 radical (unpaired) electrons. The summed E-state index contributed by atoms with van der Waals surface area (Å²) in [5.74, 6) is -1.77. The SMILES string of the molecule is Cc1cc2c(C(CC3CCCC3)C(=O)Nc3ccc(C(=O)O)cn3)c[nH]c2cc1N1C(=O)c2ccccc2C1=O. The molecule has 202 valence electrons. The number of carboxylic acids is 1. The number of aromatic carboxylic acids is 1. The van der Waals surface area contributed by atoms with Crippen molar-refractivity contribution in [2.45, 2.75) is 44.9 Å². The minimum absolute atomic E-state index is 0.0430. The topological polar surface area (TPSA) is 132 Å². The summed E-state index contributed by atoms with van der Waals surface area (Å²) in [6, 6.07) is 13.4. The monoisotopic (exact) mass is 536 g/mol. The van der Waals surface area contributed by atoms with E-state index < -0.39 is 11.9 Å². The highest BCUT2D eigenvalue weighted by molar-refractivity contribution is 6.34. The van der Waals surface area contributed by atoms with Crippen LogP contribution in [0.2, 0.25) is 0 Å². The van der Waals surface area contributed by atoms with Gasteiger partial charge in [-0.2, -0.15) is 0 Å². The Kier molecular flexibility index (Phi) is 6.42. The van der Waals surface area contributed by atoms with Crippen molar-refractivity contribution >= 4 is 46.1 Å². The van der Waals surface area contributed by atoms with Gasteiger partial charge < -0.3 is 15.4 Å². The first kappa shape index (κ1) is 25.5. The smallest absolute Gasteiger partial charge is 0.337 e. The van der Waals surface area contributed by atoms with E-state index >= 15 is 0 Å². The van der Waals surface area contributed by atoms with Crippen LogP contribution in [-0.4, -0.2) is 38.8 Å². The van der Waals surface area contributed by atoms with Gasteiger partial charge >= 0.3 is 5.97 Å². The number of H-pyrrole nitrogens is 1. The van der Waals surface area contributed by atoms with E-state index in [0.29, 0.717) is 29.2 Å². The van der Waals surface area contributed by atoms with Gasteiger partial charge in [-0.3, -0.25) is 14.4 Å². The summed E-state index contributed by atoms with van der Waals surface area (Å²) in [7, 11) is 0. The summed E-state index contributed by atoms with van der Waals surface area (Å²) >= 11 is 0. The van der Waals surface area contributed by atoms with Gasteiger partial charge in [0.2, 0.25) is 5.91 Å². The number of carboxylic acid groups (broad SMARTS) is 1. The molecule has 3 N–H and O–H groups in total. The fourth-order valence-corrected chi connectivity index (χ4v) is 5.99. The number of benzene rings is 2. The van der Waals surface area contributed by atoms with E-state index in [9.17, 15) is 19.2 Å². The number of hydrogen-bond acceptors (Lipinski definition) is 5. The normalized spacial score (nSPS) is 16.0. The first-order valence-electron chi connectivity index (χ1n) is 13.4. The average molecular weight is 537 g/mol. The molecule has 1 aliphatic carbocycles. The van der Waals surface area contributed by atoms with Gasteiger partial charge in [0.25, 0.3) is 11.8 Å². The highest BCUT2D eigenvalue weighted by Gasteiger charge is 2.37. The first-order chi connectivity index (χ1) is 19.3. The summed E-state index contributed by atoms with van der Waals surface area (Å²) in [6.07, 6.45) is 8.16. The maximum absolute atomic E-state index is 13.7. The predicted octanol–water partition coefficient (Wildman–Crippen LogP) is 5.67. The maximum Gasteiger partial charge on any atom is 0.337 e. The van der Waals surface area contributed by atoms with Crippen molar-refractivity contribution < 1.29 is 24.3 Å². The number of fused-ring (bicyclic) bond motifs is 2. The van der Waals surface area contributed by atoms with E-state index in [0.717, 1.165) is 47.7 Å². The standard InChI is InChI=1S/C31H28N4O5/c1-17-12-22-24(16-32-25(22)14-26(17)35-29(37)20-8-4-5-9-21(20)30(35)38)23(13-18-6-2-3-7-18)28(36)34-27-11-10-19(15-33-27)31(39)40/h4-5,8-12,14-16,18,23,32H,2-3,6-7,13H2,1H3,(H,39,40)(H,33,34,36). The molecule has 1 aliphatic heterocycles. The second kappa shape index (κ2) is 10.1. The molecule has 0 bridgehead atoms. The molecular formula is C31H28N4O5. The largest absolute Gasteiger partial charge is 0.478 e. The Morgan fingerprint density at radius 3 is 2.40 bits per heavy atom. The Bertz CT molecular complexity index is 1630. The van der Waals surface area contributed by atoms with E-state index in [2.05, 4.69) is 15.3 Å². The summed E-state index contributed by atoms with van der Waals surface area (Å²) < 4.78 is 0.